The van der Waals surface area contributed by atoms with Crippen molar-refractivity contribution in [2.45, 2.75) is 16.8 Å². The quantitative estimate of drug-likeness (QED) is 0.462. The van der Waals surface area contributed by atoms with Crippen molar-refractivity contribution in [1.82, 2.24) is 0 Å². The molecule has 1 aliphatic carbocycles. The van der Waals surface area contributed by atoms with Crippen molar-refractivity contribution in [2.75, 3.05) is 0 Å². The number of rotatable bonds is 2. The summed E-state index contributed by atoms with van der Waals surface area (Å²) in [6.07, 6.45) is 5.97. The smallest absolute Gasteiger partial charge is 0.316 e. The summed E-state index contributed by atoms with van der Waals surface area (Å²) >= 11 is 1.99. The highest BCUT2D eigenvalue weighted by molar-refractivity contribution is 14.1. The lowest BCUT2D eigenvalue weighted by molar-refractivity contribution is -0.136. The van der Waals surface area contributed by atoms with Gasteiger partial charge in [-0.05, 0) is 18.8 Å². The molecule has 3 heteroatoms. The molecule has 0 aromatic rings. The summed E-state index contributed by atoms with van der Waals surface area (Å²) in [6, 6.07) is 0. The number of halogens is 1. The highest BCUT2D eigenvalue weighted by atomic mass is 127. The van der Waals surface area contributed by atoms with E-state index >= 15 is 0 Å². The largest absolute Gasteiger partial charge is 0.480 e. The van der Waals surface area contributed by atoms with E-state index in [4.69, 9.17) is 5.11 Å². The van der Waals surface area contributed by atoms with Gasteiger partial charge in [-0.25, -0.2) is 0 Å². The van der Waals surface area contributed by atoms with Crippen LogP contribution in [0.1, 0.15) is 12.8 Å². The predicted molar refractivity (Wildman–Crippen MR) is 47.3 cm³/mol. The second-order valence-corrected chi connectivity index (χ2v) is 3.78. The average Bonchev–Trinajstić information content (AvgIpc) is 2.36. The molecule has 0 fully saturated rings. The molecule has 0 saturated carbocycles. The van der Waals surface area contributed by atoms with E-state index in [1.807, 2.05) is 22.6 Å². The van der Waals surface area contributed by atoms with Gasteiger partial charge in [0.25, 0.3) is 0 Å². The molecule has 1 rings (SSSR count). The molecular weight excluding hydrogens is 243 g/mol. The third-order valence-corrected chi connectivity index (χ3v) is 3.24. The second kappa shape index (κ2) is 3.37. The normalized spacial score (nSPS) is 21.3. The van der Waals surface area contributed by atoms with Crippen LogP contribution in [-0.4, -0.2) is 15.0 Å². The Morgan fingerprint density at radius 2 is 2.10 bits per heavy atom. The maximum absolute atomic E-state index is 10.5. The summed E-state index contributed by atoms with van der Waals surface area (Å²) in [5.41, 5.74) is 0. The molecule has 1 aliphatic rings. The van der Waals surface area contributed by atoms with Crippen LogP contribution in [-0.2, 0) is 4.79 Å². The highest BCUT2D eigenvalue weighted by Gasteiger charge is 2.25. The first-order valence-electron chi connectivity index (χ1n) is 3.23. The van der Waals surface area contributed by atoms with Gasteiger partial charge >= 0.3 is 5.97 Å². The minimum atomic E-state index is -0.686. The first kappa shape index (κ1) is 8.04. The number of aliphatic carboxylic acids is 1. The molecular formula is C7H9IO2. The van der Waals surface area contributed by atoms with Crippen LogP contribution in [0.2, 0.25) is 0 Å². The Kier molecular flexibility index (Phi) is 2.71. The number of carbonyl (C=O) groups is 1. The predicted octanol–water partition coefficient (Wildman–Crippen LogP) is 1.84. The Balaban J connectivity index is 2.42. The fraction of sp³-hybridized carbons (Fsp3) is 0.571. The summed E-state index contributed by atoms with van der Waals surface area (Å²) in [4.78, 5) is 10.5. The summed E-state index contributed by atoms with van der Waals surface area (Å²) < 4.78 is -0.215. The van der Waals surface area contributed by atoms with Crippen molar-refractivity contribution in [3.05, 3.63) is 12.2 Å². The van der Waals surface area contributed by atoms with Crippen LogP contribution in [0.5, 0.6) is 0 Å². The number of carboxylic acids is 1. The molecule has 0 radical (unpaired) electrons. The van der Waals surface area contributed by atoms with E-state index in [1.165, 1.54) is 0 Å². The minimum absolute atomic E-state index is 0.215. The van der Waals surface area contributed by atoms with Gasteiger partial charge in [-0.3, -0.25) is 4.79 Å². The summed E-state index contributed by atoms with van der Waals surface area (Å²) in [5.74, 6) is -0.354. The molecule has 0 spiro atoms. The fourth-order valence-corrected chi connectivity index (χ4v) is 1.67. The van der Waals surface area contributed by atoms with Crippen LogP contribution in [0, 0.1) is 5.92 Å². The molecule has 1 unspecified atom stereocenters. The number of alkyl halides is 1. The molecule has 56 valence electrons. The number of allylic oxidation sites excluding steroid dienone is 2. The molecule has 0 aromatic heterocycles. The van der Waals surface area contributed by atoms with Crippen molar-refractivity contribution in [3.63, 3.8) is 0 Å². The molecule has 1 N–H and O–H groups in total. The van der Waals surface area contributed by atoms with E-state index in [-0.39, 0.29) is 3.92 Å². The molecule has 0 aliphatic heterocycles. The average molecular weight is 252 g/mol. The molecule has 0 amide bonds. The second-order valence-electron chi connectivity index (χ2n) is 2.44. The van der Waals surface area contributed by atoms with Gasteiger partial charge < -0.3 is 5.11 Å². The van der Waals surface area contributed by atoms with E-state index in [2.05, 4.69) is 12.2 Å². The van der Waals surface area contributed by atoms with Crippen molar-refractivity contribution >= 4 is 28.6 Å². The van der Waals surface area contributed by atoms with Crippen LogP contribution in [0.25, 0.3) is 0 Å². The summed E-state index contributed by atoms with van der Waals surface area (Å²) in [7, 11) is 0. The standard InChI is InChI=1S/C7H9IO2/c8-6(7(9)10)5-3-1-2-4-5/h1-2,5-6H,3-4H2,(H,9,10). The van der Waals surface area contributed by atoms with Gasteiger partial charge in [-0.2, -0.15) is 0 Å². The summed E-state index contributed by atoms with van der Waals surface area (Å²) in [6.45, 7) is 0. The van der Waals surface area contributed by atoms with Gasteiger partial charge in [0.05, 0.1) is 0 Å². The molecule has 0 bridgehead atoms. The fourth-order valence-electron chi connectivity index (χ4n) is 1.08. The maximum Gasteiger partial charge on any atom is 0.316 e. The van der Waals surface area contributed by atoms with Crippen molar-refractivity contribution in [2.24, 2.45) is 5.92 Å². The first-order chi connectivity index (χ1) is 4.72. The lowest BCUT2D eigenvalue weighted by atomic mass is 10.0. The Hall–Kier alpha value is -0.0600. The van der Waals surface area contributed by atoms with Crippen LogP contribution < -0.4 is 0 Å². The molecule has 0 heterocycles. The van der Waals surface area contributed by atoms with Crippen LogP contribution in [0.15, 0.2) is 12.2 Å². The zero-order chi connectivity index (χ0) is 7.56. The lowest BCUT2D eigenvalue weighted by Crippen LogP contribution is -2.21. The molecule has 1 atom stereocenters. The number of hydrogen-bond donors (Lipinski definition) is 1. The molecule has 10 heavy (non-hydrogen) atoms. The Morgan fingerprint density at radius 3 is 2.50 bits per heavy atom. The molecule has 2 nitrogen and oxygen atoms in total. The van der Waals surface area contributed by atoms with E-state index in [9.17, 15) is 4.79 Å². The van der Waals surface area contributed by atoms with Gasteiger partial charge in [0.2, 0.25) is 0 Å². The van der Waals surface area contributed by atoms with Crippen molar-refractivity contribution in [1.29, 1.82) is 0 Å². The van der Waals surface area contributed by atoms with Gasteiger partial charge in [0.1, 0.15) is 3.92 Å². The highest BCUT2D eigenvalue weighted by Crippen LogP contribution is 2.26. The topological polar surface area (TPSA) is 37.3 Å². The first-order valence-corrected chi connectivity index (χ1v) is 4.48. The van der Waals surface area contributed by atoms with E-state index in [0.717, 1.165) is 12.8 Å². The number of hydrogen-bond acceptors (Lipinski definition) is 1. The zero-order valence-electron chi connectivity index (χ0n) is 5.46. The Labute approximate surface area is 73.5 Å². The van der Waals surface area contributed by atoms with E-state index in [1.54, 1.807) is 0 Å². The minimum Gasteiger partial charge on any atom is -0.480 e. The molecule has 0 saturated heterocycles. The molecule has 0 aromatic carbocycles. The maximum atomic E-state index is 10.5. The van der Waals surface area contributed by atoms with Crippen LogP contribution in [0.3, 0.4) is 0 Å². The lowest BCUT2D eigenvalue weighted by Gasteiger charge is -2.11. The monoisotopic (exact) mass is 252 g/mol. The summed E-state index contributed by atoms with van der Waals surface area (Å²) in [5, 5.41) is 8.61. The SMILES string of the molecule is O=C(O)C(I)C1CC=CC1. The third kappa shape index (κ3) is 1.71. The van der Waals surface area contributed by atoms with Gasteiger partial charge in [0, 0.05) is 0 Å². The number of carboxylic acid groups (broad SMARTS) is 1. The Bertz CT molecular complexity index is 157. The van der Waals surface area contributed by atoms with E-state index in [0.29, 0.717) is 5.92 Å². The Morgan fingerprint density at radius 1 is 1.60 bits per heavy atom. The van der Waals surface area contributed by atoms with Crippen LogP contribution in [0.4, 0.5) is 0 Å². The van der Waals surface area contributed by atoms with Gasteiger partial charge in [-0.15, -0.1) is 0 Å². The van der Waals surface area contributed by atoms with Crippen molar-refractivity contribution < 1.29 is 9.90 Å². The zero-order valence-corrected chi connectivity index (χ0v) is 7.61. The third-order valence-electron chi connectivity index (χ3n) is 1.69. The van der Waals surface area contributed by atoms with Crippen molar-refractivity contribution in [3.8, 4) is 0 Å². The van der Waals surface area contributed by atoms with Crippen LogP contribution >= 0.6 is 22.6 Å². The van der Waals surface area contributed by atoms with Gasteiger partial charge in [0.15, 0.2) is 0 Å². The van der Waals surface area contributed by atoms with Gasteiger partial charge in [-0.1, -0.05) is 34.7 Å². The van der Waals surface area contributed by atoms with E-state index < -0.39 is 5.97 Å².